The number of fused-ring (bicyclic) bond motifs is 1. The van der Waals surface area contributed by atoms with Crippen LogP contribution in [-0.2, 0) is 7.05 Å². The molecule has 0 amide bonds. The fourth-order valence-electron chi connectivity index (χ4n) is 2.80. The van der Waals surface area contributed by atoms with Crippen LogP contribution in [0.3, 0.4) is 0 Å². The minimum atomic E-state index is -0.271. The fourth-order valence-corrected chi connectivity index (χ4v) is 3.07. The average Bonchev–Trinajstić information content (AvgIpc) is 3.25. The van der Waals surface area contributed by atoms with Crippen LogP contribution in [-0.4, -0.2) is 21.3 Å². The summed E-state index contributed by atoms with van der Waals surface area (Å²) in [6, 6.07) is 8.25. The third-order valence-electron chi connectivity index (χ3n) is 4.34. The predicted molar refractivity (Wildman–Crippen MR) is 92.5 cm³/mol. The number of hydrogen-bond acceptors (Lipinski definition) is 3. The summed E-state index contributed by atoms with van der Waals surface area (Å²) < 4.78 is 1.26. The van der Waals surface area contributed by atoms with Gasteiger partial charge < -0.3 is 9.88 Å². The minimum absolute atomic E-state index is 0.220. The predicted octanol–water partition coefficient (Wildman–Crippen LogP) is 3.46. The summed E-state index contributed by atoms with van der Waals surface area (Å²) in [5.74, 6) is 0.650. The van der Waals surface area contributed by atoms with Gasteiger partial charge in [0.15, 0.2) is 0 Å². The molecule has 1 aliphatic carbocycles. The van der Waals surface area contributed by atoms with E-state index in [0.29, 0.717) is 11.6 Å². The molecule has 4 rings (SSSR count). The van der Waals surface area contributed by atoms with Crippen molar-refractivity contribution in [2.24, 2.45) is 13.0 Å². The molecule has 0 saturated heterocycles. The number of H-pyrrole nitrogens is 1. The topological polar surface area (TPSA) is 53.9 Å². The lowest BCUT2D eigenvalue weighted by Gasteiger charge is -2.25. The maximum absolute atomic E-state index is 12.1. The number of aryl methyl sites for hydroxylation is 1. The summed E-state index contributed by atoms with van der Waals surface area (Å²) in [5.41, 5.74) is 2.53. The number of aromatic amines is 1. The molecule has 2 aromatic heterocycles. The maximum Gasteiger partial charge on any atom is 0.287 e. The largest absolute Gasteiger partial charge is 0.361 e. The first-order valence-electron chi connectivity index (χ1n) is 7.70. The van der Waals surface area contributed by atoms with E-state index < -0.39 is 0 Å². The molecule has 118 valence electrons. The third kappa shape index (κ3) is 2.61. The highest BCUT2D eigenvalue weighted by Crippen LogP contribution is 2.37. The van der Waals surface area contributed by atoms with Crippen LogP contribution in [0.1, 0.15) is 12.8 Å². The molecule has 0 bridgehead atoms. The summed E-state index contributed by atoms with van der Waals surface area (Å²) in [5, 5.41) is 5.49. The van der Waals surface area contributed by atoms with Crippen LogP contribution in [0.4, 0.5) is 11.4 Å². The third-order valence-corrected chi connectivity index (χ3v) is 4.69. The molecule has 23 heavy (non-hydrogen) atoms. The molecule has 1 saturated carbocycles. The van der Waals surface area contributed by atoms with E-state index >= 15 is 0 Å². The lowest BCUT2D eigenvalue weighted by atomic mass is 10.2. The Morgan fingerprint density at radius 3 is 3.00 bits per heavy atom. The number of hydrogen-bond donors (Lipinski definition) is 1. The normalized spacial score (nSPS) is 14.3. The van der Waals surface area contributed by atoms with Gasteiger partial charge in [-0.25, -0.2) is 4.68 Å². The number of nitrogens with one attached hydrogen (secondary N) is 1. The molecule has 3 aromatic rings. The SMILES string of the molecule is Cn1ncc(N(CC2CC2)c2ccc3[nH]ccc3c2)c(Cl)c1=O. The van der Waals surface area contributed by atoms with E-state index in [1.165, 1.54) is 17.5 Å². The van der Waals surface area contributed by atoms with Gasteiger partial charge in [-0.15, -0.1) is 0 Å². The molecule has 0 spiro atoms. The van der Waals surface area contributed by atoms with E-state index in [0.717, 1.165) is 23.1 Å². The summed E-state index contributed by atoms with van der Waals surface area (Å²) in [6.07, 6.45) is 6.04. The van der Waals surface area contributed by atoms with E-state index in [4.69, 9.17) is 11.6 Å². The van der Waals surface area contributed by atoms with Gasteiger partial charge in [0, 0.05) is 36.4 Å². The van der Waals surface area contributed by atoms with E-state index in [1.54, 1.807) is 13.2 Å². The minimum Gasteiger partial charge on any atom is -0.361 e. The van der Waals surface area contributed by atoms with Gasteiger partial charge in [-0.1, -0.05) is 11.6 Å². The van der Waals surface area contributed by atoms with Gasteiger partial charge in [0.05, 0.1) is 11.9 Å². The molecule has 1 aliphatic rings. The highest BCUT2D eigenvalue weighted by atomic mass is 35.5. The Bertz CT molecular complexity index is 926. The smallest absolute Gasteiger partial charge is 0.287 e. The fraction of sp³-hybridized carbons (Fsp3) is 0.294. The first kappa shape index (κ1) is 14.3. The second-order valence-electron chi connectivity index (χ2n) is 6.08. The Morgan fingerprint density at radius 2 is 2.22 bits per heavy atom. The van der Waals surface area contributed by atoms with E-state index in [9.17, 15) is 4.79 Å². The van der Waals surface area contributed by atoms with Crippen LogP contribution in [0.15, 0.2) is 41.5 Å². The van der Waals surface area contributed by atoms with E-state index in [2.05, 4.69) is 27.1 Å². The number of anilines is 2. The molecule has 5 nitrogen and oxygen atoms in total. The zero-order valence-corrected chi connectivity index (χ0v) is 13.5. The quantitative estimate of drug-likeness (QED) is 0.798. The number of rotatable bonds is 4. The van der Waals surface area contributed by atoms with Gasteiger partial charge in [-0.05, 0) is 43.0 Å². The highest BCUT2D eigenvalue weighted by molar-refractivity contribution is 6.33. The summed E-state index contributed by atoms with van der Waals surface area (Å²) >= 11 is 6.32. The van der Waals surface area contributed by atoms with Gasteiger partial charge in [0.1, 0.15) is 5.02 Å². The van der Waals surface area contributed by atoms with E-state index in [1.807, 2.05) is 18.3 Å². The Balaban J connectivity index is 1.83. The molecule has 0 radical (unpaired) electrons. The average molecular weight is 329 g/mol. The number of halogens is 1. The van der Waals surface area contributed by atoms with Crippen molar-refractivity contribution in [3.63, 3.8) is 0 Å². The molecule has 1 fully saturated rings. The Kier molecular flexibility index (Phi) is 3.38. The van der Waals surface area contributed by atoms with Crippen molar-refractivity contribution >= 4 is 33.9 Å². The molecular weight excluding hydrogens is 312 g/mol. The van der Waals surface area contributed by atoms with Gasteiger partial charge in [0.25, 0.3) is 5.56 Å². The lowest BCUT2D eigenvalue weighted by molar-refractivity contribution is 0.702. The molecule has 0 unspecified atom stereocenters. The van der Waals surface area contributed by atoms with Crippen LogP contribution in [0.25, 0.3) is 10.9 Å². The van der Waals surface area contributed by atoms with Crippen LogP contribution in [0.5, 0.6) is 0 Å². The van der Waals surface area contributed by atoms with Crippen molar-refractivity contribution in [2.45, 2.75) is 12.8 Å². The second-order valence-corrected chi connectivity index (χ2v) is 6.45. The molecule has 0 atom stereocenters. The number of benzene rings is 1. The Labute approximate surface area is 138 Å². The van der Waals surface area contributed by atoms with Crippen LogP contribution in [0.2, 0.25) is 5.02 Å². The maximum atomic E-state index is 12.1. The van der Waals surface area contributed by atoms with E-state index in [-0.39, 0.29) is 10.6 Å². The molecule has 2 heterocycles. The van der Waals surface area contributed by atoms with Gasteiger partial charge in [-0.3, -0.25) is 4.79 Å². The van der Waals surface area contributed by atoms with Gasteiger partial charge in [-0.2, -0.15) is 5.10 Å². The molecule has 1 aromatic carbocycles. The number of nitrogens with zero attached hydrogens (tertiary/aromatic N) is 3. The van der Waals surface area contributed by atoms with Crippen molar-refractivity contribution in [1.82, 2.24) is 14.8 Å². The van der Waals surface area contributed by atoms with Gasteiger partial charge in [0.2, 0.25) is 0 Å². The second kappa shape index (κ2) is 5.42. The zero-order chi connectivity index (χ0) is 16.0. The van der Waals surface area contributed by atoms with Crippen LogP contribution >= 0.6 is 11.6 Å². The summed E-state index contributed by atoms with van der Waals surface area (Å²) in [6.45, 7) is 0.852. The standard InChI is InChI=1S/C17H17ClN4O/c1-21-17(23)16(18)15(9-20-21)22(10-11-2-3-11)13-4-5-14-12(8-13)6-7-19-14/h4-9,11,19H,2-3,10H2,1H3. The van der Waals surface area contributed by atoms with Crippen molar-refractivity contribution in [2.75, 3.05) is 11.4 Å². The van der Waals surface area contributed by atoms with Crippen molar-refractivity contribution in [3.05, 3.63) is 52.0 Å². The van der Waals surface area contributed by atoms with Crippen LogP contribution < -0.4 is 10.5 Å². The first-order valence-corrected chi connectivity index (χ1v) is 8.08. The van der Waals surface area contributed by atoms with Crippen LogP contribution in [0, 0.1) is 5.92 Å². The number of aromatic nitrogens is 3. The molecular formula is C17H17ClN4O. The molecule has 6 heteroatoms. The summed E-state index contributed by atoms with van der Waals surface area (Å²) in [7, 11) is 1.61. The monoisotopic (exact) mass is 328 g/mol. The Morgan fingerprint density at radius 1 is 1.39 bits per heavy atom. The van der Waals surface area contributed by atoms with Crippen molar-refractivity contribution < 1.29 is 0 Å². The van der Waals surface area contributed by atoms with Gasteiger partial charge >= 0.3 is 0 Å². The molecule has 1 N–H and O–H groups in total. The Hall–Kier alpha value is -2.27. The van der Waals surface area contributed by atoms with Crippen molar-refractivity contribution in [3.8, 4) is 0 Å². The van der Waals surface area contributed by atoms with Crippen molar-refractivity contribution in [1.29, 1.82) is 0 Å². The highest BCUT2D eigenvalue weighted by Gasteiger charge is 2.27. The first-order chi connectivity index (χ1) is 11.1. The lowest BCUT2D eigenvalue weighted by Crippen LogP contribution is -2.26. The zero-order valence-electron chi connectivity index (χ0n) is 12.8. The molecule has 0 aliphatic heterocycles. The summed E-state index contributed by atoms with van der Waals surface area (Å²) in [4.78, 5) is 17.4.